The molecule has 1 aliphatic rings. The maximum Gasteiger partial charge on any atom is 0.355 e. The standard InChI is InChI=1S/C24H33N3O3/c1-4-30-24(29)22-17(2)21(18(3)25-22)23(28)26-20-13-9-15-27(16-20)14-8-12-19-10-6-5-7-11-19/h5-7,10-11,20,25H,4,8-9,12-16H2,1-3H3,(H,26,28). The van der Waals surface area contributed by atoms with Crippen molar-refractivity contribution in [1.82, 2.24) is 15.2 Å². The van der Waals surface area contributed by atoms with E-state index in [2.05, 4.69) is 39.5 Å². The lowest BCUT2D eigenvalue weighted by molar-refractivity contribution is 0.0519. The van der Waals surface area contributed by atoms with Gasteiger partial charge in [0.25, 0.3) is 5.91 Å². The molecule has 0 saturated carbocycles. The highest BCUT2D eigenvalue weighted by molar-refractivity contribution is 6.01. The Morgan fingerprint density at radius 2 is 2.00 bits per heavy atom. The number of esters is 1. The second-order valence-electron chi connectivity index (χ2n) is 8.05. The highest BCUT2D eigenvalue weighted by Crippen LogP contribution is 2.20. The van der Waals surface area contributed by atoms with Crippen LogP contribution in [0, 0.1) is 13.8 Å². The molecule has 2 N–H and O–H groups in total. The normalized spacial score (nSPS) is 17.0. The van der Waals surface area contributed by atoms with Crippen LogP contribution in [0.15, 0.2) is 30.3 Å². The topological polar surface area (TPSA) is 74.4 Å². The van der Waals surface area contributed by atoms with Crippen molar-refractivity contribution in [2.75, 3.05) is 26.2 Å². The molecular weight excluding hydrogens is 378 g/mol. The number of nitrogens with one attached hydrogen (secondary N) is 2. The fourth-order valence-corrected chi connectivity index (χ4v) is 4.28. The number of H-pyrrole nitrogens is 1. The van der Waals surface area contributed by atoms with Crippen LogP contribution in [-0.2, 0) is 11.2 Å². The van der Waals surface area contributed by atoms with E-state index in [-0.39, 0.29) is 11.9 Å². The quantitative estimate of drug-likeness (QED) is 0.651. The smallest absolute Gasteiger partial charge is 0.355 e. The minimum Gasteiger partial charge on any atom is -0.461 e. The van der Waals surface area contributed by atoms with Gasteiger partial charge in [0.2, 0.25) is 0 Å². The van der Waals surface area contributed by atoms with Gasteiger partial charge in [0.05, 0.1) is 12.2 Å². The number of aromatic nitrogens is 1. The highest BCUT2D eigenvalue weighted by atomic mass is 16.5. The van der Waals surface area contributed by atoms with Crippen molar-refractivity contribution >= 4 is 11.9 Å². The SMILES string of the molecule is CCOC(=O)c1[nH]c(C)c(C(=O)NC2CCCN(CCCc3ccccc3)C2)c1C. The van der Waals surface area contributed by atoms with Gasteiger partial charge < -0.3 is 19.9 Å². The molecule has 1 atom stereocenters. The minimum absolute atomic E-state index is 0.118. The lowest BCUT2D eigenvalue weighted by atomic mass is 10.0. The lowest BCUT2D eigenvalue weighted by Gasteiger charge is -2.33. The van der Waals surface area contributed by atoms with Crippen LogP contribution >= 0.6 is 0 Å². The number of likely N-dealkylation sites (tertiary alicyclic amines) is 1. The van der Waals surface area contributed by atoms with E-state index in [1.165, 1.54) is 5.56 Å². The second-order valence-corrected chi connectivity index (χ2v) is 8.05. The summed E-state index contributed by atoms with van der Waals surface area (Å²) in [5.74, 6) is -0.535. The fourth-order valence-electron chi connectivity index (χ4n) is 4.28. The molecule has 1 aromatic heterocycles. The molecule has 1 unspecified atom stereocenters. The number of aromatic amines is 1. The minimum atomic E-state index is -0.417. The lowest BCUT2D eigenvalue weighted by Crippen LogP contribution is -2.48. The van der Waals surface area contributed by atoms with Crippen LogP contribution in [-0.4, -0.2) is 54.0 Å². The third-order valence-corrected chi connectivity index (χ3v) is 5.77. The number of aryl methyl sites for hydroxylation is 2. The average Bonchev–Trinajstić information content (AvgIpc) is 3.03. The van der Waals surface area contributed by atoms with Crippen molar-refractivity contribution in [3.63, 3.8) is 0 Å². The zero-order valence-electron chi connectivity index (χ0n) is 18.3. The van der Waals surface area contributed by atoms with E-state index in [9.17, 15) is 9.59 Å². The number of amides is 1. The molecule has 2 aromatic rings. The Labute approximate surface area is 179 Å². The summed E-state index contributed by atoms with van der Waals surface area (Å²) in [5, 5.41) is 3.19. The largest absolute Gasteiger partial charge is 0.461 e. The maximum absolute atomic E-state index is 13.0. The molecule has 1 saturated heterocycles. The Morgan fingerprint density at radius 1 is 1.23 bits per heavy atom. The van der Waals surface area contributed by atoms with Gasteiger partial charge in [-0.1, -0.05) is 30.3 Å². The third-order valence-electron chi connectivity index (χ3n) is 5.77. The van der Waals surface area contributed by atoms with Gasteiger partial charge in [-0.25, -0.2) is 4.79 Å². The number of carbonyl (C=O) groups excluding carboxylic acids is 2. The fraction of sp³-hybridized carbons (Fsp3) is 0.500. The van der Waals surface area contributed by atoms with Gasteiger partial charge in [-0.05, 0) is 70.7 Å². The predicted octanol–water partition coefficient (Wildman–Crippen LogP) is 3.64. The number of hydrogen-bond acceptors (Lipinski definition) is 4. The third kappa shape index (κ3) is 5.51. The van der Waals surface area contributed by atoms with E-state index in [0.717, 1.165) is 45.3 Å². The van der Waals surface area contributed by atoms with Gasteiger partial charge in [-0.2, -0.15) is 0 Å². The molecule has 6 nitrogen and oxygen atoms in total. The molecule has 0 spiro atoms. The molecular formula is C24H33N3O3. The van der Waals surface area contributed by atoms with E-state index < -0.39 is 5.97 Å². The highest BCUT2D eigenvalue weighted by Gasteiger charge is 2.26. The van der Waals surface area contributed by atoms with Crippen LogP contribution in [0.3, 0.4) is 0 Å². The molecule has 0 radical (unpaired) electrons. The van der Waals surface area contributed by atoms with Crippen molar-refractivity contribution in [2.45, 2.75) is 52.5 Å². The summed E-state index contributed by atoms with van der Waals surface area (Å²) < 4.78 is 5.08. The second kappa shape index (κ2) is 10.4. The number of carbonyl (C=O) groups is 2. The zero-order chi connectivity index (χ0) is 21.5. The van der Waals surface area contributed by atoms with Crippen LogP contribution in [0.25, 0.3) is 0 Å². The van der Waals surface area contributed by atoms with Crippen molar-refractivity contribution in [1.29, 1.82) is 0 Å². The molecule has 0 bridgehead atoms. The molecule has 0 aliphatic carbocycles. The molecule has 162 valence electrons. The molecule has 1 aliphatic heterocycles. The van der Waals surface area contributed by atoms with Gasteiger partial charge in [0.15, 0.2) is 0 Å². The number of rotatable bonds is 8. The average molecular weight is 412 g/mol. The van der Waals surface area contributed by atoms with Gasteiger partial charge in [-0.3, -0.25) is 4.79 Å². The van der Waals surface area contributed by atoms with E-state index in [0.29, 0.717) is 29.1 Å². The van der Waals surface area contributed by atoms with E-state index in [1.54, 1.807) is 13.8 Å². The number of hydrogen-bond donors (Lipinski definition) is 2. The monoisotopic (exact) mass is 411 g/mol. The molecule has 3 rings (SSSR count). The summed E-state index contributed by atoms with van der Waals surface area (Å²) in [4.78, 5) is 30.5. The molecule has 1 aromatic carbocycles. The van der Waals surface area contributed by atoms with Crippen LogP contribution in [0.1, 0.15) is 63.9 Å². The van der Waals surface area contributed by atoms with Gasteiger partial charge in [0.1, 0.15) is 5.69 Å². The number of ether oxygens (including phenoxy) is 1. The van der Waals surface area contributed by atoms with Crippen LogP contribution in [0.4, 0.5) is 0 Å². The summed E-state index contributed by atoms with van der Waals surface area (Å²) in [5.41, 5.74) is 3.64. The Kier molecular flexibility index (Phi) is 7.69. The molecule has 1 amide bonds. The number of piperidine rings is 1. The Bertz CT molecular complexity index is 860. The van der Waals surface area contributed by atoms with Crippen molar-refractivity contribution in [2.24, 2.45) is 0 Å². The van der Waals surface area contributed by atoms with Gasteiger partial charge >= 0.3 is 5.97 Å². The van der Waals surface area contributed by atoms with Crippen LogP contribution < -0.4 is 5.32 Å². The molecule has 30 heavy (non-hydrogen) atoms. The maximum atomic E-state index is 13.0. The van der Waals surface area contributed by atoms with Gasteiger partial charge in [-0.15, -0.1) is 0 Å². The first-order valence-electron chi connectivity index (χ1n) is 10.9. The van der Waals surface area contributed by atoms with Crippen LogP contribution in [0.5, 0.6) is 0 Å². The first-order chi connectivity index (χ1) is 14.5. The van der Waals surface area contributed by atoms with E-state index in [4.69, 9.17) is 4.74 Å². The number of nitrogens with zero attached hydrogens (tertiary/aromatic N) is 1. The van der Waals surface area contributed by atoms with Crippen molar-refractivity contribution in [3.05, 3.63) is 58.4 Å². The predicted molar refractivity (Wildman–Crippen MR) is 118 cm³/mol. The molecule has 1 fully saturated rings. The summed E-state index contributed by atoms with van der Waals surface area (Å²) in [6.45, 7) is 8.68. The summed E-state index contributed by atoms with van der Waals surface area (Å²) in [6, 6.07) is 10.7. The first-order valence-corrected chi connectivity index (χ1v) is 10.9. The summed E-state index contributed by atoms with van der Waals surface area (Å²) in [7, 11) is 0. The Hall–Kier alpha value is -2.60. The summed E-state index contributed by atoms with van der Waals surface area (Å²) in [6.07, 6.45) is 4.25. The van der Waals surface area contributed by atoms with E-state index in [1.807, 2.05) is 13.0 Å². The van der Waals surface area contributed by atoms with Crippen molar-refractivity contribution < 1.29 is 14.3 Å². The van der Waals surface area contributed by atoms with Gasteiger partial charge in [0, 0.05) is 18.3 Å². The Morgan fingerprint density at radius 3 is 2.73 bits per heavy atom. The number of benzene rings is 1. The zero-order valence-corrected chi connectivity index (χ0v) is 18.3. The summed E-state index contributed by atoms with van der Waals surface area (Å²) >= 11 is 0. The van der Waals surface area contributed by atoms with Crippen molar-refractivity contribution in [3.8, 4) is 0 Å². The Balaban J connectivity index is 1.54. The van der Waals surface area contributed by atoms with E-state index >= 15 is 0 Å². The molecule has 2 heterocycles. The molecule has 6 heteroatoms. The first kappa shape index (κ1) is 22.1. The van der Waals surface area contributed by atoms with Crippen LogP contribution in [0.2, 0.25) is 0 Å².